The molecule has 18 heavy (non-hydrogen) atoms. The third-order valence-electron chi connectivity index (χ3n) is 2.23. The fraction of sp³-hybridized carbons (Fsp3) is 0.0714. The van der Waals surface area contributed by atoms with Crippen LogP contribution < -0.4 is 0 Å². The molecule has 0 spiro atoms. The number of hydrogen-bond donors (Lipinski definition) is 0. The van der Waals surface area contributed by atoms with Gasteiger partial charge in [-0.3, -0.25) is 0 Å². The summed E-state index contributed by atoms with van der Waals surface area (Å²) in [6, 6.07) is 13.6. The van der Waals surface area contributed by atoms with Crippen LogP contribution in [0.1, 0.15) is 11.1 Å². The number of benzene rings is 2. The van der Waals surface area contributed by atoms with E-state index in [1.54, 1.807) is 12.1 Å². The first kappa shape index (κ1) is 12.8. The molecule has 91 valence electrons. The van der Waals surface area contributed by atoms with Gasteiger partial charge in [-0.05, 0) is 29.8 Å². The van der Waals surface area contributed by atoms with Gasteiger partial charge in [0.15, 0.2) is 0 Å². The Bertz CT molecular complexity index is 522. The highest BCUT2D eigenvalue weighted by Gasteiger charge is 1.94. The lowest BCUT2D eigenvalue weighted by atomic mass is 10.2. The molecule has 0 bridgehead atoms. The van der Waals surface area contributed by atoms with Crippen molar-refractivity contribution in [2.24, 2.45) is 5.16 Å². The summed E-state index contributed by atoms with van der Waals surface area (Å²) in [6.45, 7) is 0.295. The van der Waals surface area contributed by atoms with Crippen molar-refractivity contribution < 1.29 is 9.23 Å². The van der Waals surface area contributed by atoms with Gasteiger partial charge in [0.05, 0.1) is 0 Å². The summed E-state index contributed by atoms with van der Waals surface area (Å²) in [6.07, 6.45) is 2.76. The molecule has 0 N–H and O–H groups in total. The molecule has 0 unspecified atom stereocenters. The second kappa shape index (κ2) is 6.31. The van der Waals surface area contributed by atoms with Crippen LogP contribution in [0.15, 0.2) is 58.2 Å². The molecule has 0 amide bonds. The second-order valence-corrected chi connectivity index (χ2v) is 4.53. The van der Waals surface area contributed by atoms with Crippen LogP contribution in [0.3, 0.4) is 0 Å². The van der Waals surface area contributed by atoms with Gasteiger partial charge < -0.3 is 4.84 Å². The van der Waals surface area contributed by atoms with Gasteiger partial charge in [-0.15, -0.1) is 0 Å². The highest BCUT2D eigenvalue weighted by Crippen LogP contribution is 2.09. The van der Waals surface area contributed by atoms with Gasteiger partial charge >= 0.3 is 0 Å². The number of nitrogens with zero attached hydrogens (tertiary/aromatic N) is 1. The molecule has 2 rings (SSSR count). The van der Waals surface area contributed by atoms with E-state index < -0.39 is 0 Å². The smallest absolute Gasteiger partial charge is 0.142 e. The number of hydrogen-bond acceptors (Lipinski definition) is 2. The molecule has 1 radical (unpaired) electrons. The Hall–Kier alpha value is -1.68. The summed E-state index contributed by atoms with van der Waals surface area (Å²) in [5, 5.41) is 3.73. The third kappa shape index (κ3) is 3.96. The van der Waals surface area contributed by atoms with Crippen molar-refractivity contribution >= 4 is 22.1 Å². The van der Waals surface area contributed by atoms with E-state index in [0.717, 1.165) is 15.6 Å². The molecule has 0 saturated carbocycles. The molecule has 2 nitrogen and oxygen atoms in total. The van der Waals surface area contributed by atoms with E-state index in [2.05, 4.69) is 27.3 Å². The molecule has 0 aromatic heterocycles. The molecule has 0 heterocycles. The zero-order chi connectivity index (χ0) is 12.8. The number of halogens is 2. The minimum atomic E-state index is -0.260. The SMILES string of the molecule is Fc1ccc(CO/N=[C]\c2ccc(Br)cc2)cc1. The predicted octanol–water partition coefficient (Wildman–Crippen LogP) is 4.02. The summed E-state index contributed by atoms with van der Waals surface area (Å²) in [5.74, 6) is -0.260. The van der Waals surface area contributed by atoms with E-state index in [0.29, 0.717) is 6.61 Å². The molecule has 0 fully saturated rings. The van der Waals surface area contributed by atoms with Crippen molar-refractivity contribution in [3.8, 4) is 0 Å². The summed E-state index contributed by atoms with van der Waals surface area (Å²) in [4.78, 5) is 5.07. The van der Waals surface area contributed by atoms with Crippen molar-refractivity contribution in [3.63, 3.8) is 0 Å². The fourth-order valence-corrected chi connectivity index (χ4v) is 1.56. The average molecular weight is 307 g/mol. The van der Waals surface area contributed by atoms with Crippen LogP contribution in [0, 0.1) is 5.82 Å². The van der Waals surface area contributed by atoms with E-state index in [1.807, 2.05) is 24.3 Å². The van der Waals surface area contributed by atoms with Crippen LogP contribution in [0.5, 0.6) is 0 Å². The van der Waals surface area contributed by atoms with Crippen molar-refractivity contribution in [2.75, 3.05) is 0 Å². The topological polar surface area (TPSA) is 21.6 Å². The highest BCUT2D eigenvalue weighted by atomic mass is 79.9. The highest BCUT2D eigenvalue weighted by molar-refractivity contribution is 9.10. The van der Waals surface area contributed by atoms with Crippen molar-refractivity contribution in [3.05, 3.63) is 69.9 Å². The quantitative estimate of drug-likeness (QED) is 0.617. The Morgan fingerprint density at radius 3 is 2.39 bits per heavy atom. The maximum Gasteiger partial charge on any atom is 0.142 e. The van der Waals surface area contributed by atoms with E-state index in [-0.39, 0.29) is 5.82 Å². The van der Waals surface area contributed by atoms with Crippen LogP contribution >= 0.6 is 15.9 Å². The van der Waals surface area contributed by atoms with Gasteiger partial charge in [-0.25, -0.2) is 4.39 Å². The minimum Gasteiger partial charge on any atom is -0.390 e. The van der Waals surface area contributed by atoms with Gasteiger partial charge in [0.2, 0.25) is 0 Å². The third-order valence-corrected chi connectivity index (χ3v) is 2.76. The van der Waals surface area contributed by atoms with Crippen molar-refractivity contribution in [1.29, 1.82) is 0 Å². The van der Waals surface area contributed by atoms with Gasteiger partial charge in [0.25, 0.3) is 0 Å². The first-order valence-corrected chi connectivity index (χ1v) is 6.11. The average Bonchev–Trinajstić information content (AvgIpc) is 2.39. The predicted molar refractivity (Wildman–Crippen MR) is 71.9 cm³/mol. The maximum atomic E-state index is 12.6. The van der Waals surface area contributed by atoms with Crippen LogP contribution in [-0.4, -0.2) is 6.21 Å². The van der Waals surface area contributed by atoms with Crippen molar-refractivity contribution in [2.45, 2.75) is 6.61 Å². The summed E-state index contributed by atoms with van der Waals surface area (Å²) < 4.78 is 13.6. The van der Waals surface area contributed by atoms with Crippen LogP contribution in [0.2, 0.25) is 0 Å². The van der Waals surface area contributed by atoms with Gasteiger partial charge in [-0.1, -0.05) is 45.4 Å². The van der Waals surface area contributed by atoms with Crippen molar-refractivity contribution in [1.82, 2.24) is 0 Å². The normalized spacial score (nSPS) is 10.8. The molecule has 0 aliphatic heterocycles. The Balaban J connectivity index is 1.84. The summed E-state index contributed by atoms with van der Waals surface area (Å²) in [7, 11) is 0. The molecule has 0 saturated heterocycles. The summed E-state index contributed by atoms with van der Waals surface area (Å²) in [5.41, 5.74) is 1.69. The second-order valence-electron chi connectivity index (χ2n) is 3.61. The molecule has 0 atom stereocenters. The van der Waals surface area contributed by atoms with E-state index in [4.69, 9.17) is 4.84 Å². The Kier molecular flexibility index (Phi) is 4.47. The zero-order valence-electron chi connectivity index (χ0n) is 9.44. The lowest BCUT2D eigenvalue weighted by molar-refractivity contribution is 0.132. The van der Waals surface area contributed by atoms with E-state index >= 15 is 0 Å². The van der Waals surface area contributed by atoms with Crippen LogP contribution in [-0.2, 0) is 11.4 Å². The number of rotatable bonds is 4. The molecule has 0 aliphatic carbocycles. The molecule has 0 aliphatic rings. The zero-order valence-corrected chi connectivity index (χ0v) is 11.0. The lowest BCUT2D eigenvalue weighted by Gasteiger charge is -1.99. The molecule has 2 aromatic carbocycles. The van der Waals surface area contributed by atoms with E-state index in [1.165, 1.54) is 12.1 Å². The largest absolute Gasteiger partial charge is 0.390 e. The Labute approximate surface area is 113 Å². The van der Waals surface area contributed by atoms with Crippen LogP contribution in [0.4, 0.5) is 4.39 Å². The first-order chi connectivity index (χ1) is 8.74. The Morgan fingerprint density at radius 2 is 1.72 bits per heavy atom. The monoisotopic (exact) mass is 306 g/mol. The van der Waals surface area contributed by atoms with Gasteiger partial charge in [0.1, 0.15) is 18.6 Å². The van der Waals surface area contributed by atoms with Gasteiger partial charge in [0, 0.05) is 10.0 Å². The van der Waals surface area contributed by atoms with Gasteiger partial charge in [-0.2, -0.15) is 0 Å². The molecular formula is C14H10BrFNO. The molecule has 2 aromatic rings. The first-order valence-electron chi connectivity index (χ1n) is 5.32. The lowest BCUT2D eigenvalue weighted by Crippen LogP contribution is -1.88. The summed E-state index contributed by atoms with van der Waals surface area (Å²) >= 11 is 3.34. The maximum absolute atomic E-state index is 12.6. The standard InChI is InChI=1S/C14H10BrFNO/c15-13-5-1-11(2-6-13)9-17-18-10-12-3-7-14(16)8-4-12/h1-8H,10H2. The fourth-order valence-electron chi connectivity index (χ4n) is 1.30. The minimum absolute atomic E-state index is 0.260. The van der Waals surface area contributed by atoms with Crippen LogP contribution in [0.25, 0.3) is 0 Å². The molecular weight excluding hydrogens is 297 g/mol. The Morgan fingerprint density at radius 1 is 1.06 bits per heavy atom. The van der Waals surface area contributed by atoms with E-state index in [9.17, 15) is 4.39 Å². The molecule has 4 heteroatoms.